The lowest BCUT2D eigenvalue weighted by atomic mass is 10.2. The maximum Gasteiger partial charge on any atom is 0.233 e. The summed E-state index contributed by atoms with van der Waals surface area (Å²) in [5, 5.41) is 0.918. The van der Waals surface area contributed by atoms with E-state index in [0.29, 0.717) is 23.9 Å². The summed E-state index contributed by atoms with van der Waals surface area (Å²) >= 11 is 0. The van der Waals surface area contributed by atoms with Crippen LogP contribution in [0.5, 0.6) is 17.4 Å². The largest absolute Gasteiger partial charge is 0.493 e. The maximum atomic E-state index is 6.13. The van der Waals surface area contributed by atoms with E-state index >= 15 is 0 Å². The number of hydrogen-bond acceptors (Lipinski definition) is 8. The van der Waals surface area contributed by atoms with Gasteiger partial charge in [0, 0.05) is 24.4 Å². The highest BCUT2D eigenvalue weighted by atomic mass is 16.5. The quantitative estimate of drug-likeness (QED) is 0.502. The van der Waals surface area contributed by atoms with Gasteiger partial charge in [-0.25, -0.2) is 19.9 Å². The van der Waals surface area contributed by atoms with E-state index < -0.39 is 0 Å². The van der Waals surface area contributed by atoms with Crippen molar-refractivity contribution in [2.45, 2.75) is 12.5 Å². The fraction of sp³-hybridized carbons (Fsp3) is 0.273. The summed E-state index contributed by atoms with van der Waals surface area (Å²) in [6, 6.07) is 11.6. The van der Waals surface area contributed by atoms with Crippen LogP contribution in [-0.4, -0.2) is 53.3 Å². The van der Waals surface area contributed by atoms with E-state index in [1.807, 2.05) is 36.4 Å². The molecule has 0 radical (unpaired) electrons. The monoisotopic (exact) mass is 403 g/mol. The number of para-hydroxylation sites is 2. The average molecular weight is 403 g/mol. The van der Waals surface area contributed by atoms with Crippen LogP contribution in [0.2, 0.25) is 0 Å². The third-order valence-electron chi connectivity index (χ3n) is 5.28. The molecule has 0 spiro atoms. The molecule has 3 heterocycles. The van der Waals surface area contributed by atoms with Crippen molar-refractivity contribution < 1.29 is 14.2 Å². The number of benzene rings is 2. The fourth-order valence-corrected chi connectivity index (χ4v) is 3.81. The van der Waals surface area contributed by atoms with Gasteiger partial charge in [0.25, 0.3) is 0 Å². The molecule has 2 aromatic carbocycles. The molecule has 0 aliphatic carbocycles. The zero-order valence-corrected chi connectivity index (χ0v) is 16.8. The Morgan fingerprint density at radius 2 is 1.73 bits per heavy atom. The summed E-state index contributed by atoms with van der Waals surface area (Å²) in [7, 11) is 3.24. The van der Waals surface area contributed by atoms with Crippen LogP contribution in [0.4, 0.5) is 5.82 Å². The molecule has 5 rings (SSSR count). The third-order valence-corrected chi connectivity index (χ3v) is 5.28. The first kappa shape index (κ1) is 18.4. The average Bonchev–Trinajstić information content (AvgIpc) is 3.25. The highest BCUT2D eigenvalue weighted by Crippen LogP contribution is 2.35. The molecule has 30 heavy (non-hydrogen) atoms. The van der Waals surface area contributed by atoms with Crippen LogP contribution in [-0.2, 0) is 0 Å². The number of methoxy groups -OCH3 is 2. The second kappa shape index (κ2) is 7.62. The number of nitrogens with zero attached hydrogens (tertiary/aromatic N) is 5. The van der Waals surface area contributed by atoms with E-state index in [0.717, 1.165) is 40.7 Å². The molecule has 8 nitrogen and oxygen atoms in total. The van der Waals surface area contributed by atoms with Gasteiger partial charge in [-0.05, 0) is 18.2 Å². The molecular weight excluding hydrogens is 382 g/mol. The molecule has 1 fully saturated rings. The Balaban J connectivity index is 1.39. The molecule has 152 valence electrons. The molecule has 0 amide bonds. The summed E-state index contributed by atoms with van der Waals surface area (Å²) in [6.45, 7) is 1.53. The Labute approximate surface area is 173 Å². The predicted octanol–water partition coefficient (Wildman–Crippen LogP) is 3.25. The van der Waals surface area contributed by atoms with Crippen molar-refractivity contribution in [3.05, 3.63) is 48.9 Å². The molecule has 0 unspecified atom stereocenters. The van der Waals surface area contributed by atoms with Crippen LogP contribution in [0.1, 0.15) is 6.42 Å². The Morgan fingerprint density at radius 3 is 2.57 bits per heavy atom. The number of hydrogen-bond donors (Lipinski definition) is 0. The summed E-state index contributed by atoms with van der Waals surface area (Å²) in [6.07, 6.45) is 4.13. The van der Waals surface area contributed by atoms with Crippen LogP contribution in [0.3, 0.4) is 0 Å². The Hall–Kier alpha value is -3.68. The second-order valence-corrected chi connectivity index (χ2v) is 7.09. The van der Waals surface area contributed by atoms with Crippen molar-refractivity contribution in [1.82, 2.24) is 19.9 Å². The first-order chi connectivity index (χ1) is 14.7. The van der Waals surface area contributed by atoms with Gasteiger partial charge in [-0.3, -0.25) is 0 Å². The van der Waals surface area contributed by atoms with Gasteiger partial charge in [-0.15, -0.1) is 0 Å². The summed E-state index contributed by atoms with van der Waals surface area (Å²) in [5.41, 5.74) is 2.49. The number of aromatic nitrogens is 4. The first-order valence-corrected chi connectivity index (χ1v) is 9.75. The van der Waals surface area contributed by atoms with Crippen LogP contribution in [0.15, 0.2) is 48.9 Å². The standard InChI is InChI=1S/C22H21N5O3/c1-28-19-9-15-18(10-20(19)29-2)24-13-25-22(15)27-8-7-14(12-27)30-21-11-23-16-5-3-4-6-17(16)26-21/h3-6,9-11,13-14H,7-8,12H2,1-2H3/t14-/m0/s1. The topological polar surface area (TPSA) is 82.5 Å². The fourth-order valence-electron chi connectivity index (χ4n) is 3.81. The summed E-state index contributed by atoms with van der Waals surface area (Å²) in [5.74, 6) is 2.70. The van der Waals surface area contributed by atoms with Gasteiger partial charge >= 0.3 is 0 Å². The normalized spacial score (nSPS) is 16.2. The number of fused-ring (bicyclic) bond motifs is 2. The molecule has 1 atom stereocenters. The molecule has 8 heteroatoms. The number of ether oxygens (including phenoxy) is 3. The SMILES string of the molecule is COc1cc2ncnc(N3CC[C@H](Oc4cnc5ccccc5n4)C3)c2cc1OC. The van der Waals surface area contributed by atoms with Crippen LogP contribution in [0, 0.1) is 0 Å². The van der Waals surface area contributed by atoms with Gasteiger partial charge in [0.2, 0.25) is 5.88 Å². The Bertz CT molecular complexity index is 1220. The predicted molar refractivity (Wildman–Crippen MR) is 113 cm³/mol. The van der Waals surface area contributed by atoms with Gasteiger partial charge in [0.05, 0.1) is 43.5 Å². The zero-order chi connectivity index (χ0) is 20.5. The minimum atomic E-state index is 0.00521. The molecule has 4 aromatic rings. The van der Waals surface area contributed by atoms with Crippen LogP contribution < -0.4 is 19.1 Å². The number of anilines is 1. The number of rotatable bonds is 5. The molecule has 1 aliphatic rings. The van der Waals surface area contributed by atoms with Crippen molar-refractivity contribution in [3.63, 3.8) is 0 Å². The smallest absolute Gasteiger partial charge is 0.233 e. The highest BCUT2D eigenvalue weighted by molar-refractivity contribution is 5.92. The van der Waals surface area contributed by atoms with Gasteiger partial charge < -0.3 is 19.1 Å². The van der Waals surface area contributed by atoms with E-state index in [1.165, 1.54) is 0 Å². The molecule has 0 N–H and O–H groups in total. The lowest BCUT2D eigenvalue weighted by Crippen LogP contribution is -2.25. The summed E-state index contributed by atoms with van der Waals surface area (Å²) < 4.78 is 17.0. The molecular formula is C22H21N5O3. The molecule has 0 saturated carbocycles. The third kappa shape index (κ3) is 3.30. The van der Waals surface area contributed by atoms with E-state index in [9.17, 15) is 0 Å². The highest BCUT2D eigenvalue weighted by Gasteiger charge is 2.27. The van der Waals surface area contributed by atoms with Gasteiger partial charge in [-0.2, -0.15) is 0 Å². The first-order valence-electron chi connectivity index (χ1n) is 9.75. The van der Waals surface area contributed by atoms with Crippen molar-refractivity contribution in [2.24, 2.45) is 0 Å². The molecule has 1 aliphatic heterocycles. The van der Waals surface area contributed by atoms with E-state index in [-0.39, 0.29) is 6.10 Å². The van der Waals surface area contributed by atoms with Crippen molar-refractivity contribution in [2.75, 3.05) is 32.2 Å². The molecule has 2 aromatic heterocycles. The van der Waals surface area contributed by atoms with Gasteiger partial charge in [0.15, 0.2) is 11.5 Å². The van der Waals surface area contributed by atoms with Crippen molar-refractivity contribution in [3.8, 4) is 17.4 Å². The lowest BCUT2D eigenvalue weighted by Gasteiger charge is -2.20. The van der Waals surface area contributed by atoms with Crippen LogP contribution in [0.25, 0.3) is 21.9 Å². The van der Waals surface area contributed by atoms with E-state index in [4.69, 9.17) is 14.2 Å². The van der Waals surface area contributed by atoms with E-state index in [1.54, 1.807) is 26.7 Å². The minimum Gasteiger partial charge on any atom is -0.493 e. The summed E-state index contributed by atoms with van der Waals surface area (Å²) in [4.78, 5) is 20.1. The minimum absolute atomic E-state index is 0.00521. The van der Waals surface area contributed by atoms with Crippen molar-refractivity contribution in [1.29, 1.82) is 0 Å². The molecule has 1 saturated heterocycles. The van der Waals surface area contributed by atoms with Gasteiger partial charge in [-0.1, -0.05) is 12.1 Å². The zero-order valence-electron chi connectivity index (χ0n) is 16.8. The second-order valence-electron chi connectivity index (χ2n) is 7.09. The van der Waals surface area contributed by atoms with Crippen molar-refractivity contribution >= 4 is 27.8 Å². The Morgan fingerprint density at radius 1 is 0.933 bits per heavy atom. The van der Waals surface area contributed by atoms with Gasteiger partial charge in [0.1, 0.15) is 18.2 Å². The van der Waals surface area contributed by atoms with E-state index in [2.05, 4.69) is 24.8 Å². The Kier molecular flexibility index (Phi) is 4.66. The maximum absolute atomic E-state index is 6.13. The molecule has 0 bridgehead atoms. The lowest BCUT2D eigenvalue weighted by molar-refractivity contribution is 0.216. The van der Waals surface area contributed by atoms with Crippen LogP contribution >= 0.6 is 0 Å².